The van der Waals surface area contributed by atoms with Crippen molar-refractivity contribution in [2.24, 2.45) is 5.92 Å². The molecule has 1 heterocycles. The summed E-state index contributed by atoms with van der Waals surface area (Å²) in [5.41, 5.74) is -0.760. The van der Waals surface area contributed by atoms with E-state index in [1.54, 1.807) is 27.7 Å². The minimum Gasteiger partial charge on any atom is -0.444 e. The number of carbonyl (C=O) groups is 5. The Kier molecular flexibility index (Phi) is 11.9. The first-order chi connectivity index (χ1) is 17.8. The Morgan fingerprint density at radius 1 is 0.947 bits per heavy atom. The van der Waals surface area contributed by atoms with Crippen molar-refractivity contribution in [1.82, 2.24) is 20.9 Å². The number of hydrogen-bond donors (Lipinski definition) is 3. The van der Waals surface area contributed by atoms with Crippen LogP contribution in [0.4, 0.5) is 13.6 Å². The quantitative estimate of drug-likeness (QED) is 0.343. The lowest BCUT2D eigenvalue weighted by Crippen LogP contribution is -2.58. The van der Waals surface area contributed by atoms with Gasteiger partial charge in [0, 0.05) is 19.5 Å². The number of likely N-dealkylation sites (tertiary alicyclic amines) is 1. The highest BCUT2D eigenvalue weighted by molar-refractivity contribution is 6.38. The zero-order valence-corrected chi connectivity index (χ0v) is 22.8. The van der Waals surface area contributed by atoms with Crippen LogP contribution in [0.25, 0.3) is 0 Å². The molecule has 216 valence electrons. The highest BCUT2D eigenvalue weighted by atomic mass is 19.3. The van der Waals surface area contributed by atoms with E-state index in [0.29, 0.717) is 12.8 Å². The molecule has 3 N–H and O–H groups in total. The Morgan fingerprint density at radius 3 is 2.18 bits per heavy atom. The van der Waals surface area contributed by atoms with E-state index in [2.05, 4.69) is 16.0 Å². The van der Waals surface area contributed by atoms with Gasteiger partial charge in [0.2, 0.25) is 24.0 Å². The monoisotopic (exact) mass is 544 g/mol. The molecule has 4 amide bonds. The Bertz CT molecular complexity index is 857. The molecular weight excluding hydrogens is 502 g/mol. The molecule has 1 saturated carbocycles. The number of alkyl halides is 2. The third-order valence-electron chi connectivity index (χ3n) is 6.77. The van der Waals surface area contributed by atoms with Crippen LogP contribution in [0, 0.1) is 5.92 Å². The SMILES string of the molecule is CCNC(=O)C(=O)C(CCC(F)F)NC(=O)C1CCCN1C(=O)C(NC(=O)OC(C)(C)C)C1CCCCC1. The molecule has 2 rings (SSSR count). The van der Waals surface area contributed by atoms with Gasteiger partial charge in [-0.1, -0.05) is 19.3 Å². The van der Waals surface area contributed by atoms with E-state index in [-0.39, 0.29) is 19.0 Å². The second kappa shape index (κ2) is 14.4. The zero-order chi connectivity index (χ0) is 28.5. The van der Waals surface area contributed by atoms with E-state index < -0.39 is 72.6 Å². The number of ether oxygens (including phenoxy) is 1. The number of alkyl carbamates (subject to hydrolysis) is 1. The molecule has 2 fully saturated rings. The van der Waals surface area contributed by atoms with Crippen molar-refractivity contribution in [2.45, 2.75) is 116 Å². The highest BCUT2D eigenvalue weighted by Crippen LogP contribution is 2.29. The average Bonchev–Trinajstić information content (AvgIpc) is 3.34. The number of likely N-dealkylation sites (N-methyl/N-ethyl adjacent to an activating group) is 1. The number of halogens is 2. The zero-order valence-electron chi connectivity index (χ0n) is 22.8. The van der Waals surface area contributed by atoms with Crippen LogP contribution in [0.15, 0.2) is 0 Å². The van der Waals surface area contributed by atoms with E-state index in [1.165, 1.54) is 4.90 Å². The van der Waals surface area contributed by atoms with Crippen molar-refractivity contribution in [2.75, 3.05) is 13.1 Å². The molecule has 10 nitrogen and oxygen atoms in total. The van der Waals surface area contributed by atoms with Crippen LogP contribution in [0.5, 0.6) is 0 Å². The summed E-state index contributed by atoms with van der Waals surface area (Å²) in [5.74, 6) is -3.20. The van der Waals surface area contributed by atoms with Crippen LogP contribution in [0.2, 0.25) is 0 Å². The summed E-state index contributed by atoms with van der Waals surface area (Å²) in [7, 11) is 0. The molecule has 12 heteroatoms. The molecule has 0 aromatic carbocycles. The van der Waals surface area contributed by atoms with Crippen molar-refractivity contribution < 1.29 is 37.5 Å². The first-order valence-corrected chi connectivity index (χ1v) is 13.5. The average molecular weight is 545 g/mol. The highest BCUT2D eigenvalue weighted by Gasteiger charge is 2.42. The summed E-state index contributed by atoms with van der Waals surface area (Å²) in [6, 6.07) is -3.27. The van der Waals surface area contributed by atoms with E-state index >= 15 is 0 Å². The number of hydrogen-bond acceptors (Lipinski definition) is 6. The lowest BCUT2D eigenvalue weighted by atomic mass is 9.83. The second-order valence-electron chi connectivity index (χ2n) is 11.0. The molecule has 3 atom stereocenters. The Balaban J connectivity index is 2.20. The van der Waals surface area contributed by atoms with Gasteiger partial charge in [0.1, 0.15) is 17.7 Å². The summed E-state index contributed by atoms with van der Waals surface area (Å²) >= 11 is 0. The topological polar surface area (TPSA) is 134 Å². The van der Waals surface area contributed by atoms with Crippen LogP contribution in [-0.4, -0.2) is 77.7 Å². The maximum atomic E-state index is 13.7. The van der Waals surface area contributed by atoms with Crippen LogP contribution in [0.1, 0.15) is 85.5 Å². The van der Waals surface area contributed by atoms with Crippen molar-refractivity contribution in [3.63, 3.8) is 0 Å². The van der Waals surface area contributed by atoms with Crippen LogP contribution >= 0.6 is 0 Å². The molecule has 2 aliphatic rings. The third-order valence-corrected chi connectivity index (χ3v) is 6.77. The van der Waals surface area contributed by atoms with Crippen LogP contribution in [-0.2, 0) is 23.9 Å². The molecule has 0 aromatic rings. The number of ketones is 1. The van der Waals surface area contributed by atoms with Gasteiger partial charge in [-0.3, -0.25) is 19.2 Å². The molecular formula is C26H42F2N4O6. The van der Waals surface area contributed by atoms with Crippen molar-refractivity contribution in [3.8, 4) is 0 Å². The molecule has 0 spiro atoms. The number of amides is 4. The summed E-state index contributed by atoms with van der Waals surface area (Å²) < 4.78 is 31.1. The maximum absolute atomic E-state index is 13.7. The number of Topliss-reactive ketones (excluding diaryl/α,β-unsaturated/α-hetero) is 1. The molecule has 0 aromatic heterocycles. The first-order valence-electron chi connectivity index (χ1n) is 13.5. The van der Waals surface area contributed by atoms with E-state index in [4.69, 9.17) is 4.74 Å². The summed E-state index contributed by atoms with van der Waals surface area (Å²) in [6.45, 7) is 7.19. The lowest BCUT2D eigenvalue weighted by molar-refractivity contribution is -0.143. The number of nitrogens with one attached hydrogen (secondary N) is 3. The first kappa shape index (κ1) is 31.4. The van der Waals surface area contributed by atoms with Gasteiger partial charge in [0.15, 0.2) is 0 Å². The standard InChI is InChI=1S/C26H42F2N4O6/c1-5-29-23(35)21(33)17(13-14-19(27)28)30-22(34)18-12-9-15-32(18)24(36)20(16-10-7-6-8-11-16)31-25(37)38-26(2,3)4/h16-20H,5-15H2,1-4H3,(H,29,35)(H,30,34)(H,31,37). The lowest BCUT2D eigenvalue weighted by Gasteiger charge is -2.35. The summed E-state index contributed by atoms with van der Waals surface area (Å²) in [6.07, 6.45) is 0.664. The normalized spacial score (nSPS) is 20.0. The fourth-order valence-corrected chi connectivity index (χ4v) is 5.00. The predicted molar refractivity (Wildman–Crippen MR) is 135 cm³/mol. The van der Waals surface area contributed by atoms with E-state index in [9.17, 15) is 32.8 Å². The van der Waals surface area contributed by atoms with Gasteiger partial charge in [-0.25, -0.2) is 13.6 Å². The van der Waals surface area contributed by atoms with Gasteiger partial charge in [0.25, 0.3) is 5.91 Å². The van der Waals surface area contributed by atoms with Gasteiger partial charge in [0.05, 0.1) is 6.04 Å². The summed E-state index contributed by atoms with van der Waals surface area (Å²) in [4.78, 5) is 65.5. The van der Waals surface area contributed by atoms with Gasteiger partial charge in [-0.05, 0) is 65.7 Å². The predicted octanol–water partition coefficient (Wildman–Crippen LogP) is 2.69. The minimum absolute atomic E-state index is 0.119. The van der Waals surface area contributed by atoms with E-state index in [1.807, 2.05) is 0 Å². The van der Waals surface area contributed by atoms with Gasteiger partial charge in [-0.15, -0.1) is 0 Å². The largest absolute Gasteiger partial charge is 0.444 e. The molecule has 1 saturated heterocycles. The van der Waals surface area contributed by atoms with Crippen molar-refractivity contribution in [3.05, 3.63) is 0 Å². The fourth-order valence-electron chi connectivity index (χ4n) is 5.00. The Morgan fingerprint density at radius 2 is 1.61 bits per heavy atom. The molecule has 1 aliphatic heterocycles. The Labute approximate surface area is 223 Å². The van der Waals surface area contributed by atoms with Gasteiger partial charge in [-0.2, -0.15) is 0 Å². The second-order valence-corrected chi connectivity index (χ2v) is 11.0. The number of carbonyl (C=O) groups excluding carboxylic acids is 5. The van der Waals surface area contributed by atoms with E-state index in [0.717, 1.165) is 32.1 Å². The third kappa shape index (κ3) is 9.50. The number of rotatable bonds is 11. The van der Waals surface area contributed by atoms with Crippen molar-refractivity contribution >= 4 is 29.6 Å². The molecule has 0 radical (unpaired) electrons. The molecule has 0 bridgehead atoms. The van der Waals surface area contributed by atoms with Crippen molar-refractivity contribution in [1.29, 1.82) is 0 Å². The molecule has 38 heavy (non-hydrogen) atoms. The minimum atomic E-state index is -2.71. The van der Waals surface area contributed by atoms with Crippen LogP contribution in [0.3, 0.4) is 0 Å². The molecule has 1 aliphatic carbocycles. The Hall–Kier alpha value is -2.79. The van der Waals surface area contributed by atoms with Gasteiger partial charge < -0.3 is 25.6 Å². The maximum Gasteiger partial charge on any atom is 0.408 e. The number of nitrogens with zero attached hydrogens (tertiary/aromatic N) is 1. The fraction of sp³-hybridized carbons (Fsp3) is 0.808. The van der Waals surface area contributed by atoms with Gasteiger partial charge >= 0.3 is 6.09 Å². The smallest absolute Gasteiger partial charge is 0.408 e. The molecule has 3 unspecified atom stereocenters. The van der Waals surface area contributed by atoms with Crippen LogP contribution < -0.4 is 16.0 Å². The summed E-state index contributed by atoms with van der Waals surface area (Å²) in [5, 5.41) is 7.49.